The molecule has 0 bridgehead atoms. The fraction of sp³-hybridized carbons (Fsp3) is 0.200. The van der Waals surface area contributed by atoms with E-state index in [1.165, 1.54) is 19.5 Å². The van der Waals surface area contributed by atoms with E-state index in [4.69, 9.17) is 30.5 Å². The van der Waals surface area contributed by atoms with Crippen LogP contribution in [0.3, 0.4) is 0 Å². The van der Waals surface area contributed by atoms with E-state index < -0.39 is 24.4 Å². The first-order chi connectivity index (χ1) is 18.7. The minimum Gasteiger partial charge on any atom is -0.497 e. The van der Waals surface area contributed by atoms with Crippen LogP contribution in [0.25, 0.3) is 5.95 Å². The molecule has 14 heteroatoms. The predicted molar refractivity (Wildman–Crippen MR) is 140 cm³/mol. The van der Waals surface area contributed by atoms with Crippen molar-refractivity contribution in [3.05, 3.63) is 88.4 Å². The van der Waals surface area contributed by atoms with Gasteiger partial charge in [0, 0.05) is 36.6 Å². The Morgan fingerprint density at radius 3 is 2.44 bits per heavy atom. The van der Waals surface area contributed by atoms with Gasteiger partial charge in [0.1, 0.15) is 36.7 Å². The van der Waals surface area contributed by atoms with Crippen LogP contribution in [0.5, 0.6) is 11.5 Å². The number of nitrogens with zero attached hydrogens (tertiary/aromatic N) is 4. The largest absolute Gasteiger partial charge is 0.497 e. The lowest BCUT2D eigenvalue weighted by Gasteiger charge is -2.20. The van der Waals surface area contributed by atoms with Crippen LogP contribution in [-0.2, 0) is 4.79 Å². The minimum atomic E-state index is -0.833. The molecule has 2 heterocycles. The van der Waals surface area contributed by atoms with Crippen LogP contribution in [0.15, 0.2) is 65.7 Å². The van der Waals surface area contributed by atoms with Crippen LogP contribution in [0.4, 0.5) is 10.1 Å². The number of aromatic amines is 1. The molecule has 0 saturated carbocycles. The number of hydrogen-bond acceptors (Lipinski definition) is 9. The molecule has 39 heavy (non-hydrogen) atoms. The summed E-state index contributed by atoms with van der Waals surface area (Å²) in [6, 6.07) is 12.9. The summed E-state index contributed by atoms with van der Waals surface area (Å²) in [6.45, 7) is 0.319. The number of nitrogens with two attached hydrogens (primary N) is 1. The summed E-state index contributed by atoms with van der Waals surface area (Å²) in [5.41, 5.74) is 6.89. The highest BCUT2D eigenvalue weighted by Crippen LogP contribution is 2.31. The molecule has 0 fully saturated rings. The fourth-order valence-electron chi connectivity index (χ4n) is 3.35. The number of nitrogen functional groups attached to an aromatic ring is 1. The van der Waals surface area contributed by atoms with E-state index in [1.807, 2.05) is 0 Å². The molecule has 0 unspecified atom stereocenters. The highest BCUT2D eigenvalue weighted by molar-refractivity contribution is 5.95. The molecule has 0 amide bonds. The lowest BCUT2D eigenvalue weighted by molar-refractivity contribution is -0.134. The van der Waals surface area contributed by atoms with Crippen molar-refractivity contribution in [1.29, 1.82) is 5.41 Å². The number of benzene rings is 2. The molecular formula is C25H27FN8O5. The maximum atomic E-state index is 12.7. The zero-order valence-electron chi connectivity index (χ0n) is 21.1. The van der Waals surface area contributed by atoms with Gasteiger partial charge in [0.2, 0.25) is 0 Å². The number of aliphatic carboxylic acids is 1. The van der Waals surface area contributed by atoms with Crippen molar-refractivity contribution in [3.63, 3.8) is 0 Å². The summed E-state index contributed by atoms with van der Waals surface area (Å²) in [4.78, 5) is 32.6. The molecule has 1 atom stereocenters. The number of ether oxygens (including phenoxy) is 2. The van der Waals surface area contributed by atoms with Crippen molar-refractivity contribution in [1.82, 2.24) is 24.7 Å². The molecule has 0 radical (unpaired) electrons. The van der Waals surface area contributed by atoms with Gasteiger partial charge in [-0.3, -0.25) is 15.2 Å². The quantitative estimate of drug-likeness (QED) is 0.148. The lowest BCUT2D eigenvalue weighted by Crippen LogP contribution is -2.18. The molecule has 0 aliphatic rings. The van der Waals surface area contributed by atoms with Crippen molar-refractivity contribution in [3.8, 4) is 17.4 Å². The van der Waals surface area contributed by atoms with Crippen LogP contribution < -0.4 is 26.2 Å². The van der Waals surface area contributed by atoms with Crippen molar-refractivity contribution in [2.24, 2.45) is 5.73 Å². The molecule has 6 N–H and O–H groups in total. The van der Waals surface area contributed by atoms with Crippen molar-refractivity contribution >= 4 is 17.5 Å². The first-order valence-electron chi connectivity index (χ1n) is 11.5. The van der Waals surface area contributed by atoms with E-state index >= 15 is 0 Å². The smallest absolute Gasteiger partial charge is 0.350 e. The number of aromatic nitrogens is 5. The second-order valence-corrected chi connectivity index (χ2v) is 7.84. The number of anilines is 1. The zero-order valence-corrected chi connectivity index (χ0v) is 21.1. The molecule has 0 spiro atoms. The number of halogens is 1. The molecule has 2 aromatic carbocycles. The number of carboxylic acids is 1. The molecule has 0 aliphatic carbocycles. The number of methoxy groups -OCH3 is 1. The third-order valence-electron chi connectivity index (χ3n) is 4.97. The topological polar surface area (TPSA) is 194 Å². The molecular weight excluding hydrogens is 511 g/mol. The molecule has 0 aliphatic heterocycles. The average Bonchev–Trinajstić information content (AvgIpc) is 3.31. The van der Waals surface area contributed by atoms with Gasteiger partial charge in [-0.1, -0.05) is 0 Å². The fourth-order valence-corrected chi connectivity index (χ4v) is 3.35. The van der Waals surface area contributed by atoms with E-state index in [1.54, 1.807) is 48.5 Å². The monoisotopic (exact) mass is 538 g/mol. The van der Waals surface area contributed by atoms with Crippen LogP contribution in [0.2, 0.25) is 0 Å². The number of carboxylic acid groups (broad SMARTS) is 1. The van der Waals surface area contributed by atoms with Gasteiger partial charge in [0.25, 0.3) is 11.9 Å². The van der Waals surface area contributed by atoms with E-state index in [0.29, 0.717) is 28.3 Å². The van der Waals surface area contributed by atoms with E-state index in [-0.39, 0.29) is 24.2 Å². The highest BCUT2D eigenvalue weighted by atomic mass is 19.1. The lowest BCUT2D eigenvalue weighted by atomic mass is 10.0. The summed E-state index contributed by atoms with van der Waals surface area (Å²) < 4.78 is 24.6. The normalized spacial score (nSPS) is 11.1. The second-order valence-electron chi connectivity index (χ2n) is 7.84. The first kappa shape index (κ1) is 28.3. The number of nitrogens with one attached hydrogen (secondary N) is 3. The van der Waals surface area contributed by atoms with Crippen molar-refractivity contribution in [2.45, 2.75) is 13.0 Å². The van der Waals surface area contributed by atoms with Gasteiger partial charge in [-0.15, -0.1) is 9.78 Å². The average molecular weight is 539 g/mol. The summed E-state index contributed by atoms with van der Waals surface area (Å²) in [7, 11) is 1.50. The summed E-state index contributed by atoms with van der Waals surface area (Å²) in [5.74, 6) is 0.360. The summed E-state index contributed by atoms with van der Waals surface area (Å²) in [5, 5.41) is 22.7. The van der Waals surface area contributed by atoms with Crippen LogP contribution in [0, 0.1) is 5.41 Å². The number of H-pyrrole nitrogens is 1. The first-order valence-corrected chi connectivity index (χ1v) is 11.5. The van der Waals surface area contributed by atoms with Gasteiger partial charge in [-0.05, 0) is 48.0 Å². The maximum absolute atomic E-state index is 12.7. The molecule has 13 nitrogen and oxygen atoms in total. The number of hydrogen-bond donors (Lipinski definition) is 5. The summed E-state index contributed by atoms with van der Waals surface area (Å²) in [6.07, 6.45) is 3.01. The maximum Gasteiger partial charge on any atom is 0.350 e. The van der Waals surface area contributed by atoms with Gasteiger partial charge < -0.3 is 25.6 Å². The van der Waals surface area contributed by atoms with E-state index in [2.05, 4.69) is 25.4 Å². The molecule has 4 aromatic rings. The Morgan fingerprint density at radius 1 is 1.21 bits per heavy atom. The Hall–Kier alpha value is -5.27. The van der Waals surface area contributed by atoms with Gasteiger partial charge in [-0.2, -0.15) is 0 Å². The Kier molecular flexibility index (Phi) is 9.67. The Labute approximate surface area is 222 Å². The third-order valence-corrected chi connectivity index (χ3v) is 4.97. The molecule has 2 aromatic heterocycles. The van der Waals surface area contributed by atoms with Crippen molar-refractivity contribution < 1.29 is 23.8 Å². The number of alkyl halides is 1. The van der Waals surface area contributed by atoms with Crippen LogP contribution >= 0.6 is 0 Å². The van der Waals surface area contributed by atoms with Crippen LogP contribution in [-0.4, -0.2) is 62.0 Å². The summed E-state index contributed by atoms with van der Waals surface area (Å²) >= 11 is 0. The van der Waals surface area contributed by atoms with Gasteiger partial charge in [0.15, 0.2) is 5.82 Å². The number of amidine groups is 1. The standard InChI is InChI=1S/C23H23FN8O3.C2H4O2/c1-34-17-11-15(12-18(13-17)35-10-7-24)19(29-16-5-3-14(4-6-16)20(25)26)21-30-23(33)32(31-21)22-27-8-2-9-28-22;1-2(3)4/h2-6,8-9,11-13,19,29H,7,10H2,1H3,(H3,25,26)(H,30,31,33);1H3,(H,3,4)/t19-;/m0./s1. The SMILES string of the molecule is CC(=O)O.COc1cc(OCCF)cc([C@H](Nc2ccc(C(=N)N)cc2)c2nn(-c3ncccn3)c(=O)[nH]2)c1. The van der Waals surface area contributed by atoms with Crippen molar-refractivity contribution in [2.75, 3.05) is 25.7 Å². The molecule has 204 valence electrons. The molecule has 0 saturated heterocycles. The van der Waals surface area contributed by atoms with Gasteiger partial charge >= 0.3 is 5.69 Å². The Balaban J connectivity index is 0.000000983. The van der Waals surface area contributed by atoms with Gasteiger partial charge in [-0.25, -0.2) is 19.2 Å². The number of carbonyl (C=O) groups is 1. The Morgan fingerprint density at radius 2 is 1.85 bits per heavy atom. The minimum absolute atomic E-state index is 0.0542. The van der Waals surface area contributed by atoms with E-state index in [9.17, 15) is 9.18 Å². The predicted octanol–water partition coefficient (Wildman–Crippen LogP) is 2.28. The Bertz CT molecular complexity index is 1450. The second kappa shape index (κ2) is 13.3. The number of rotatable bonds is 10. The van der Waals surface area contributed by atoms with Crippen LogP contribution in [0.1, 0.15) is 29.9 Å². The van der Waals surface area contributed by atoms with Gasteiger partial charge in [0.05, 0.1) is 7.11 Å². The zero-order chi connectivity index (χ0) is 28.4. The highest BCUT2D eigenvalue weighted by Gasteiger charge is 2.22. The molecule has 4 rings (SSSR count). The van der Waals surface area contributed by atoms with E-state index in [0.717, 1.165) is 11.6 Å². The third kappa shape index (κ3) is 7.85.